The van der Waals surface area contributed by atoms with Crippen LogP contribution in [0, 0.1) is 0 Å². The summed E-state index contributed by atoms with van der Waals surface area (Å²) in [5, 5.41) is 0. The Hall–Kier alpha value is -2.03. The molecule has 2 aromatic rings. The molecule has 0 N–H and O–H groups in total. The molecule has 0 aromatic carbocycles. The van der Waals surface area contributed by atoms with Crippen LogP contribution in [0.25, 0.3) is 11.3 Å². The number of pyridine rings is 2. The molecule has 0 spiro atoms. The summed E-state index contributed by atoms with van der Waals surface area (Å²) in [6, 6.07) is 10.2. The van der Waals surface area contributed by atoms with Crippen molar-refractivity contribution >= 4 is 11.3 Å². The van der Waals surface area contributed by atoms with E-state index >= 15 is 0 Å². The minimum Gasteiger partial charge on any atom is -0.461 e. The van der Waals surface area contributed by atoms with Crippen LogP contribution in [-0.2, 0) is 9.47 Å². The number of rotatable bonds is 1. The fourth-order valence-electron chi connectivity index (χ4n) is 1.63. The van der Waals surface area contributed by atoms with Gasteiger partial charge in [-0.05, 0) is 12.1 Å². The molecule has 1 aliphatic heterocycles. The van der Waals surface area contributed by atoms with E-state index in [2.05, 4.69) is 16.5 Å². The van der Waals surface area contributed by atoms with Crippen LogP contribution in [0.5, 0.6) is 0 Å². The maximum atomic E-state index is 5.31. The van der Waals surface area contributed by atoms with Crippen molar-refractivity contribution in [2.24, 2.45) is 0 Å². The minimum absolute atomic E-state index is 0.312. The molecule has 3 heteroatoms. The van der Waals surface area contributed by atoms with E-state index in [1.807, 2.05) is 30.6 Å². The Bertz CT molecular complexity index is 534. The van der Waals surface area contributed by atoms with E-state index in [-0.39, 0.29) is 0 Å². The van der Waals surface area contributed by atoms with Crippen molar-refractivity contribution in [2.45, 2.75) is 0 Å². The van der Waals surface area contributed by atoms with Gasteiger partial charge in [0, 0.05) is 18.2 Å². The Morgan fingerprint density at radius 2 is 2.13 bits per heavy atom. The third-order valence-corrected chi connectivity index (χ3v) is 2.39. The van der Waals surface area contributed by atoms with Gasteiger partial charge in [-0.25, -0.2) is 0 Å². The maximum absolute atomic E-state index is 5.31. The molecule has 0 saturated heterocycles. The zero-order valence-electron chi connectivity index (χ0n) is 8.09. The van der Waals surface area contributed by atoms with Gasteiger partial charge in [-0.1, -0.05) is 0 Å². The molecule has 3 rings (SSSR count). The first kappa shape index (κ1) is 8.29. The zero-order valence-corrected chi connectivity index (χ0v) is 8.09. The normalized spacial score (nSPS) is 14.5. The second-order valence-corrected chi connectivity index (χ2v) is 3.36. The highest BCUT2D eigenvalue weighted by molar-refractivity contribution is 5.59. The summed E-state index contributed by atoms with van der Waals surface area (Å²) in [5.74, 6) is 0.785. The highest BCUT2D eigenvalue weighted by Crippen LogP contribution is 2.19. The minimum atomic E-state index is 0.312. The monoisotopic (exact) mass is 200 g/mol. The van der Waals surface area contributed by atoms with E-state index in [9.17, 15) is 0 Å². The number of nitrogens with zero attached hydrogens (tertiary/aromatic N) is 1. The fraction of sp³-hybridized carbons (Fsp3) is 0.0833. The van der Waals surface area contributed by atoms with Crippen molar-refractivity contribution in [1.82, 2.24) is 0 Å². The first-order valence-corrected chi connectivity index (χ1v) is 4.78. The lowest BCUT2D eigenvalue weighted by atomic mass is 10.2. The van der Waals surface area contributed by atoms with Crippen LogP contribution < -0.4 is 4.40 Å². The van der Waals surface area contributed by atoms with Gasteiger partial charge in [0.05, 0.1) is 5.56 Å². The van der Waals surface area contributed by atoms with E-state index < -0.39 is 0 Å². The van der Waals surface area contributed by atoms with Crippen LogP contribution in [0.15, 0.2) is 49.0 Å². The molecule has 0 fully saturated rings. The molecule has 0 saturated carbocycles. The molecule has 15 heavy (non-hydrogen) atoms. The van der Waals surface area contributed by atoms with Gasteiger partial charge in [-0.2, -0.15) is 4.40 Å². The third kappa shape index (κ3) is 1.42. The maximum Gasteiger partial charge on any atom is 0.230 e. The van der Waals surface area contributed by atoms with Crippen LogP contribution in [0.1, 0.15) is 5.56 Å². The second-order valence-electron chi connectivity index (χ2n) is 3.36. The van der Waals surface area contributed by atoms with E-state index in [0.717, 1.165) is 16.8 Å². The highest BCUT2D eigenvalue weighted by atomic mass is 16.7. The van der Waals surface area contributed by atoms with Crippen molar-refractivity contribution in [2.75, 3.05) is 6.79 Å². The Balaban J connectivity index is 2.13. The molecule has 0 bridgehead atoms. The van der Waals surface area contributed by atoms with E-state index in [0.29, 0.717) is 6.79 Å². The van der Waals surface area contributed by atoms with Crippen molar-refractivity contribution in [3.63, 3.8) is 0 Å². The molecule has 0 radical (unpaired) electrons. The lowest BCUT2D eigenvalue weighted by Gasteiger charge is -1.98. The lowest BCUT2D eigenvalue weighted by Crippen LogP contribution is -2.20. The molecule has 3 nitrogen and oxygen atoms in total. The highest BCUT2D eigenvalue weighted by Gasteiger charge is 2.12. The largest absolute Gasteiger partial charge is 0.461 e. The summed E-state index contributed by atoms with van der Waals surface area (Å²) in [6.07, 6.45) is 5.68. The van der Waals surface area contributed by atoms with E-state index in [4.69, 9.17) is 9.47 Å². The first-order chi connectivity index (χ1) is 7.43. The fourth-order valence-corrected chi connectivity index (χ4v) is 1.63. The van der Waals surface area contributed by atoms with Crippen LogP contribution in [0.3, 0.4) is 0 Å². The van der Waals surface area contributed by atoms with Gasteiger partial charge >= 0.3 is 0 Å². The summed E-state index contributed by atoms with van der Waals surface area (Å²) in [6.45, 7) is 0.312. The SMILES string of the molecule is C1=C(c2ccc3cccc[n+]3c2)OCO1. The summed E-state index contributed by atoms with van der Waals surface area (Å²) in [5.41, 5.74) is 2.18. The number of hydrogen-bond acceptors (Lipinski definition) is 2. The molecule has 0 aliphatic carbocycles. The third-order valence-electron chi connectivity index (χ3n) is 2.39. The molecule has 0 amide bonds. The van der Waals surface area contributed by atoms with Crippen LogP contribution in [0.4, 0.5) is 0 Å². The number of fused-ring (bicyclic) bond motifs is 1. The van der Waals surface area contributed by atoms with Gasteiger partial charge in [0.25, 0.3) is 0 Å². The van der Waals surface area contributed by atoms with Gasteiger partial charge in [-0.3, -0.25) is 0 Å². The average molecular weight is 200 g/mol. The van der Waals surface area contributed by atoms with Gasteiger partial charge in [0.1, 0.15) is 6.26 Å². The lowest BCUT2D eigenvalue weighted by molar-refractivity contribution is -0.512. The molecular formula is C12H10NO2+. The predicted octanol–water partition coefficient (Wildman–Crippen LogP) is 1.73. The smallest absolute Gasteiger partial charge is 0.230 e. The van der Waals surface area contributed by atoms with Gasteiger partial charge in [0.2, 0.25) is 12.3 Å². The van der Waals surface area contributed by atoms with Gasteiger partial charge < -0.3 is 9.47 Å². The second kappa shape index (κ2) is 3.28. The molecule has 74 valence electrons. The van der Waals surface area contributed by atoms with Gasteiger partial charge in [0.15, 0.2) is 18.2 Å². The standard InChI is InChI=1S/C12H10NO2/c1-2-6-13-7-10(4-5-11(13)3-1)12-8-14-9-15-12/h1-8H,9H2/q+1. The van der Waals surface area contributed by atoms with Gasteiger partial charge in [-0.15, -0.1) is 0 Å². The Kier molecular flexibility index (Phi) is 1.81. The van der Waals surface area contributed by atoms with Crippen LogP contribution in [0.2, 0.25) is 0 Å². The average Bonchev–Trinajstić information content (AvgIpc) is 2.82. The van der Waals surface area contributed by atoms with E-state index in [1.54, 1.807) is 6.26 Å². The van der Waals surface area contributed by atoms with E-state index in [1.165, 1.54) is 0 Å². The van der Waals surface area contributed by atoms with Crippen molar-refractivity contribution in [1.29, 1.82) is 0 Å². The number of hydrogen-bond donors (Lipinski definition) is 0. The molecule has 0 atom stereocenters. The molecule has 1 aliphatic rings. The molecule has 0 unspecified atom stereocenters. The zero-order chi connectivity index (χ0) is 10.1. The number of aromatic nitrogens is 1. The van der Waals surface area contributed by atoms with Crippen LogP contribution in [-0.4, -0.2) is 6.79 Å². The Morgan fingerprint density at radius 3 is 3.00 bits per heavy atom. The molecular weight excluding hydrogens is 190 g/mol. The van der Waals surface area contributed by atoms with Crippen molar-refractivity contribution in [3.05, 3.63) is 54.6 Å². The summed E-state index contributed by atoms with van der Waals surface area (Å²) in [7, 11) is 0. The number of ether oxygens (including phenoxy) is 2. The van der Waals surface area contributed by atoms with Crippen molar-refractivity contribution < 1.29 is 13.9 Å². The quantitative estimate of drug-likeness (QED) is 0.654. The molecule has 2 aromatic heterocycles. The Morgan fingerprint density at radius 1 is 1.13 bits per heavy atom. The summed E-state index contributed by atoms with van der Waals surface area (Å²) in [4.78, 5) is 0. The summed E-state index contributed by atoms with van der Waals surface area (Å²) >= 11 is 0. The first-order valence-electron chi connectivity index (χ1n) is 4.78. The predicted molar refractivity (Wildman–Crippen MR) is 54.6 cm³/mol. The van der Waals surface area contributed by atoms with Crippen LogP contribution >= 0.6 is 0 Å². The Labute approximate surface area is 87.2 Å². The summed E-state index contributed by atoms with van der Waals surface area (Å²) < 4.78 is 12.4. The topological polar surface area (TPSA) is 22.6 Å². The van der Waals surface area contributed by atoms with Crippen molar-refractivity contribution in [3.8, 4) is 0 Å². The molecule has 3 heterocycles.